The third-order valence-corrected chi connectivity index (χ3v) is 3.59. The standard InChI is InChI=1S/C14H19ClN2/c1-10-8-14(15)16-9-13(10)11(2)17-12-6-4-3-5-7-12/h8-9,12,17H,2-7H2,1H3. The van der Waals surface area contributed by atoms with E-state index in [9.17, 15) is 0 Å². The van der Waals surface area contributed by atoms with Crippen molar-refractivity contribution in [2.75, 3.05) is 0 Å². The molecular weight excluding hydrogens is 232 g/mol. The Morgan fingerprint density at radius 2 is 2.12 bits per heavy atom. The van der Waals surface area contributed by atoms with Crippen LogP contribution in [0.2, 0.25) is 5.15 Å². The maximum absolute atomic E-state index is 5.85. The molecule has 0 atom stereocenters. The molecule has 0 amide bonds. The molecule has 0 aliphatic heterocycles. The van der Waals surface area contributed by atoms with Crippen LogP contribution in [-0.2, 0) is 0 Å². The molecule has 17 heavy (non-hydrogen) atoms. The minimum atomic E-state index is 0.539. The molecule has 0 unspecified atom stereocenters. The van der Waals surface area contributed by atoms with E-state index in [0.29, 0.717) is 11.2 Å². The van der Waals surface area contributed by atoms with E-state index in [4.69, 9.17) is 11.6 Å². The monoisotopic (exact) mass is 250 g/mol. The first kappa shape index (κ1) is 12.4. The molecule has 2 nitrogen and oxygen atoms in total. The normalized spacial score (nSPS) is 16.8. The second-order valence-corrected chi connectivity index (χ2v) is 5.17. The van der Waals surface area contributed by atoms with Gasteiger partial charge in [0.05, 0.1) is 0 Å². The number of rotatable bonds is 3. The minimum Gasteiger partial charge on any atom is -0.382 e. The summed E-state index contributed by atoms with van der Waals surface area (Å²) in [6, 6.07) is 2.45. The first-order valence-corrected chi connectivity index (χ1v) is 6.62. The molecule has 1 N–H and O–H groups in total. The average molecular weight is 251 g/mol. The Balaban J connectivity index is 2.03. The molecule has 0 bridgehead atoms. The maximum Gasteiger partial charge on any atom is 0.129 e. The van der Waals surface area contributed by atoms with Gasteiger partial charge in [0.2, 0.25) is 0 Å². The second-order valence-electron chi connectivity index (χ2n) is 4.78. The highest BCUT2D eigenvalue weighted by Crippen LogP contribution is 2.22. The first-order valence-electron chi connectivity index (χ1n) is 6.25. The summed E-state index contributed by atoms with van der Waals surface area (Å²) < 4.78 is 0. The van der Waals surface area contributed by atoms with E-state index in [1.165, 1.54) is 32.1 Å². The van der Waals surface area contributed by atoms with Gasteiger partial charge in [-0.05, 0) is 31.4 Å². The molecule has 92 valence electrons. The maximum atomic E-state index is 5.85. The molecule has 3 heteroatoms. The van der Waals surface area contributed by atoms with Crippen molar-refractivity contribution in [3.63, 3.8) is 0 Å². The molecule has 1 fully saturated rings. The topological polar surface area (TPSA) is 24.9 Å². The van der Waals surface area contributed by atoms with Crippen molar-refractivity contribution in [3.05, 3.63) is 35.1 Å². The van der Waals surface area contributed by atoms with Crippen LogP contribution < -0.4 is 5.32 Å². The van der Waals surface area contributed by atoms with Crippen LogP contribution in [0.15, 0.2) is 18.8 Å². The third kappa shape index (κ3) is 3.22. The summed E-state index contributed by atoms with van der Waals surface area (Å²) in [5.41, 5.74) is 3.16. The molecule has 1 aromatic rings. The molecular formula is C14H19ClN2. The Kier molecular flexibility index (Phi) is 4.06. The first-order chi connectivity index (χ1) is 8.16. The molecule has 0 saturated heterocycles. The zero-order valence-corrected chi connectivity index (χ0v) is 11.1. The van der Waals surface area contributed by atoms with Gasteiger partial charge in [-0.15, -0.1) is 0 Å². The van der Waals surface area contributed by atoms with Gasteiger partial charge in [-0.1, -0.05) is 37.4 Å². The molecule has 1 heterocycles. The quantitative estimate of drug-likeness (QED) is 0.822. The summed E-state index contributed by atoms with van der Waals surface area (Å²) in [6.45, 7) is 6.15. The molecule has 0 radical (unpaired) electrons. The summed E-state index contributed by atoms with van der Waals surface area (Å²) in [6.07, 6.45) is 8.31. The molecule has 1 aliphatic carbocycles. The van der Waals surface area contributed by atoms with Crippen molar-refractivity contribution < 1.29 is 0 Å². The van der Waals surface area contributed by atoms with E-state index in [2.05, 4.69) is 16.9 Å². The molecule has 1 aromatic heterocycles. The Bertz CT molecular complexity index is 409. The van der Waals surface area contributed by atoms with E-state index < -0.39 is 0 Å². The van der Waals surface area contributed by atoms with Gasteiger partial charge in [0.15, 0.2) is 0 Å². The SMILES string of the molecule is C=C(NC1CCCCC1)c1cnc(Cl)cc1C. The Morgan fingerprint density at radius 3 is 2.76 bits per heavy atom. The van der Waals surface area contributed by atoms with Crippen molar-refractivity contribution in [2.45, 2.75) is 45.1 Å². The van der Waals surface area contributed by atoms with Crippen LogP contribution in [0.4, 0.5) is 0 Å². The van der Waals surface area contributed by atoms with Gasteiger partial charge in [-0.2, -0.15) is 0 Å². The van der Waals surface area contributed by atoms with Crippen LogP contribution in [0.25, 0.3) is 5.70 Å². The van der Waals surface area contributed by atoms with Crippen LogP contribution in [0.1, 0.15) is 43.2 Å². The highest BCUT2D eigenvalue weighted by Gasteiger charge is 2.14. The number of aromatic nitrogens is 1. The van der Waals surface area contributed by atoms with Crippen molar-refractivity contribution in [1.82, 2.24) is 10.3 Å². The van der Waals surface area contributed by atoms with Crippen molar-refractivity contribution in [1.29, 1.82) is 0 Å². The molecule has 1 saturated carbocycles. The number of hydrogen-bond donors (Lipinski definition) is 1. The van der Waals surface area contributed by atoms with Gasteiger partial charge in [0.1, 0.15) is 5.15 Å². The van der Waals surface area contributed by atoms with Gasteiger partial charge in [-0.25, -0.2) is 4.98 Å². The lowest BCUT2D eigenvalue weighted by atomic mass is 9.95. The van der Waals surface area contributed by atoms with Crippen molar-refractivity contribution in [2.24, 2.45) is 0 Å². The zero-order chi connectivity index (χ0) is 12.3. The number of hydrogen-bond acceptors (Lipinski definition) is 2. The summed E-state index contributed by atoms with van der Waals surface area (Å²) in [4.78, 5) is 4.12. The smallest absolute Gasteiger partial charge is 0.129 e. The highest BCUT2D eigenvalue weighted by molar-refractivity contribution is 6.29. The Hall–Kier alpha value is -1.02. The zero-order valence-electron chi connectivity index (χ0n) is 10.3. The Labute approximate surface area is 108 Å². The number of pyridine rings is 1. The van der Waals surface area contributed by atoms with Gasteiger partial charge >= 0.3 is 0 Å². The number of aryl methyl sites for hydroxylation is 1. The molecule has 0 aromatic carbocycles. The van der Waals surface area contributed by atoms with Crippen LogP contribution >= 0.6 is 11.6 Å². The van der Waals surface area contributed by atoms with Crippen molar-refractivity contribution >= 4 is 17.3 Å². The largest absolute Gasteiger partial charge is 0.382 e. The van der Waals surface area contributed by atoms with Gasteiger partial charge in [0.25, 0.3) is 0 Å². The fourth-order valence-electron chi connectivity index (χ4n) is 2.41. The van der Waals surface area contributed by atoms with Gasteiger partial charge in [-0.3, -0.25) is 0 Å². The van der Waals surface area contributed by atoms with E-state index in [-0.39, 0.29) is 0 Å². The molecule has 2 rings (SSSR count). The van der Waals surface area contributed by atoms with E-state index in [1.807, 2.05) is 13.0 Å². The predicted octanol–water partition coefficient (Wildman–Crippen LogP) is 3.94. The van der Waals surface area contributed by atoms with Crippen LogP contribution in [0.3, 0.4) is 0 Å². The van der Waals surface area contributed by atoms with Crippen LogP contribution in [-0.4, -0.2) is 11.0 Å². The minimum absolute atomic E-state index is 0.539. The molecule has 0 spiro atoms. The van der Waals surface area contributed by atoms with Gasteiger partial charge < -0.3 is 5.32 Å². The van der Waals surface area contributed by atoms with E-state index >= 15 is 0 Å². The summed E-state index contributed by atoms with van der Waals surface area (Å²) >= 11 is 5.85. The number of halogens is 1. The summed E-state index contributed by atoms with van der Waals surface area (Å²) in [7, 11) is 0. The lowest BCUT2D eigenvalue weighted by Crippen LogP contribution is -2.29. The average Bonchev–Trinajstić information content (AvgIpc) is 2.30. The second kappa shape index (κ2) is 5.54. The summed E-state index contributed by atoms with van der Waals surface area (Å²) in [5.74, 6) is 0. The highest BCUT2D eigenvalue weighted by atomic mass is 35.5. The third-order valence-electron chi connectivity index (χ3n) is 3.39. The lowest BCUT2D eigenvalue weighted by molar-refractivity contribution is 0.409. The summed E-state index contributed by atoms with van der Waals surface area (Å²) in [5, 5.41) is 4.06. The number of nitrogens with one attached hydrogen (secondary N) is 1. The fourth-order valence-corrected chi connectivity index (χ4v) is 2.62. The van der Waals surface area contributed by atoms with Crippen molar-refractivity contribution in [3.8, 4) is 0 Å². The number of nitrogens with zero attached hydrogens (tertiary/aromatic N) is 1. The van der Waals surface area contributed by atoms with Crippen LogP contribution in [0, 0.1) is 6.92 Å². The van der Waals surface area contributed by atoms with E-state index in [1.54, 1.807) is 6.20 Å². The Morgan fingerprint density at radius 1 is 1.41 bits per heavy atom. The van der Waals surface area contributed by atoms with E-state index in [0.717, 1.165) is 16.8 Å². The predicted molar refractivity (Wildman–Crippen MR) is 73.0 cm³/mol. The fraction of sp³-hybridized carbons (Fsp3) is 0.500. The van der Waals surface area contributed by atoms with Crippen LogP contribution in [0.5, 0.6) is 0 Å². The lowest BCUT2D eigenvalue weighted by Gasteiger charge is -2.25. The molecule has 1 aliphatic rings. The van der Waals surface area contributed by atoms with Gasteiger partial charge in [0, 0.05) is 23.5 Å².